The zero-order valence-corrected chi connectivity index (χ0v) is 41.4. The van der Waals surface area contributed by atoms with E-state index in [4.69, 9.17) is 28.4 Å². The van der Waals surface area contributed by atoms with Crippen molar-refractivity contribution in [2.24, 2.45) is 5.92 Å². The second kappa shape index (κ2) is 32.8. The minimum Gasteiger partial charge on any atom is -0.461 e. The zero-order valence-electron chi connectivity index (χ0n) is 41.4. The van der Waals surface area contributed by atoms with Gasteiger partial charge in [-0.1, -0.05) is 152 Å². The van der Waals surface area contributed by atoms with Gasteiger partial charge in [0.25, 0.3) is 11.8 Å². The lowest BCUT2D eigenvalue weighted by molar-refractivity contribution is -0.163. The Balaban J connectivity index is 1.20. The third kappa shape index (κ3) is 22.9. The Labute approximate surface area is 431 Å². The number of carbonyl (C=O) groups excluding carboxylic acids is 8. The summed E-state index contributed by atoms with van der Waals surface area (Å²) in [5.74, 6) is -6.27. The van der Waals surface area contributed by atoms with Gasteiger partial charge in [-0.2, -0.15) is 0 Å². The van der Waals surface area contributed by atoms with Gasteiger partial charge in [0.15, 0.2) is 12.2 Å². The molecular weight excluding hydrogens is 949 g/mol. The smallest absolute Gasteiger partial charge is 0.310 e. The maximum Gasteiger partial charge on any atom is 0.310 e. The van der Waals surface area contributed by atoms with E-state index < -0.39 is 65.8 Å². The van der Waals surface area contributed by atoms with Crippen LogP contribution in [-0.4, -0.2) is 72.9 Å². The van der Waals surface area contributed by atoms with E-state index in [1.165, 1.54) is 0 Å². The van der Waals surface area contributed by atoms with Gasteiger partial charge in [-0.05, 0) is 53.5 Å². The molecule has 0 fully saturated rings. The molecule has 0 aromatic heterocycles. The van der Waals surface area contributed by atoms with Crippen molar-refractivity contribution in [2.45, 2.75) is 109 Å². The minimum absolute atomic E-state index is 0.00117. The standard InChI is InChI=1S/C58H64N2O14/c61-51(69-39-44-20-8-2-9-21-44)28-16-36-59-56(66)49(31-34-53(63)71-41-46-24-12-4-13-25-46)73-55(65)33-30-48(38-43-18-6-1-7-19-43)58(68)74-50(32-35-54(64)72-42-47-26-14-5-15-27-47)57(67)60-37-17-29-52(62)70-40-45-22-10-3-11-23-45/h1-15,18-27,48-50H,16-17,28-42H2,(H,59,66)(H,60,67). The molecule has 5 aromatic carbocycles. The van der Waals surface area contributed by atoms with Crippen LogP contribution in [0.1, 0.15) is 92.0 Å². The number of hydrogen-bond acceptors (Lipinski definition) is 14. The number of esters is 6. The summed E-state index contributed by atoms with van der Waals surface area (Å²) in [7, 11) is 0. The van der Waals surface area contributed by atoms with E-state index in [1.807, 2.05) is 72.8 Å². The van der Waals surface area contributed by atoms with Gasteiger partial charge < -0.3 is 39.1 Å². The topological polar surface area (TPSA) is 216 Å². The first kappa shape index (κ1) is 56.8. The SMILES string of the molecule is O=C(CCCNC(=O)C(CCC(=O)OCc1ccccc1)OC(=O)CCC(Cc1ccccc1)C(=O)OC(CCC(=O)OCc1ccccc1)C(=O)NCCCC(=O)OCc1ccccc1)OCc1ccccc1. The molecule has 0 bridgehead atoms. The van der Waals surface area contributed by atoms with Gasteiger partial charge in [-0.3, -0.25) is 38.4 Å². The summed E-state index contributed by atoms with van der Waals surface area (Å²) in [6.07, 6.45) is -3.85. The monoisotopic (exact) mass is 1010 g/mol. The van der Waals surface area contributed by atoms with Gasteiger partial charge in [-0.25, -0.2) is 0 Å². The van der Waals surface area contributed by atoms with E-state index in [1.54, 1.807) is 78.9 Å². The lowest BCUT2D eigenvalue weighted by atomic mass is 9.94. The lowest BCUT2D eigenvalue weighted by Crippen LogP contribution is -2.40. The molecule has 2 N–H and O–H groups in total. The van der Waals surface area contributed by atoms with Gasteiger partial charge in [0.2, 0.25) is 0 Å². The third-order valence-corrected chi connectivity index (χ3v) is 11.4. The second-order valence-corrected chi connectivity index (χ2v) is 17.3. The molecule has 390 valence electrons. The molecule has 0 saturated carbocycles. The Morgan fingerprint density at radius 1 is 0.351 bits per heavy atom. The van der Waals surface area contributed by atoms with Crippen molar-refractivity contribution in [3.8, 4) is 0 Å². The van der Waals surface area contributed by atoms with Crippen LogP contribution in [-0.2, 0) is 99.6 Å². The Morgan fingerprint density at radius 3 is 1.03 bits per heavy atom. The van der Waals surface area contributed by atoms with Gasteiger partial charge >= 0.3 is 35.8 Å². The van der Waals surface area contributed by atoms with E-state index in [0.717, 1.165) is 27.8 Å². The quantitative estimate of drug-likeness (QED) is 0.0239. The summed E-state index contributed by atoms with van der Waals surface area (Å²) in [6, 6.07) is 45.3. The van der Waals surface area contributed by atoms with Crippen LogP contribution in [0.4, 0.5) is 0 Å². The molecule has 0 aliphatic heterocycles. The second-order valence-electron chi connectivity index (χ2n) is 17.3. The molecule has 0 radical (unpaired) electrons. The van der Waals surface area contributed by atoms with Crippen molar-refractivity contribution in [3.63, 3.8) is 0 Å². The predicted molar refractivity (Wildman–Crippen MR) is 271 cm³/mol. The number of ether oxygens (including phenoxy) is 6. The molecule has 3 atom stereocenters. The first-order valence-electron chi connectivity index (χ1n) is 24.8. The van der Waals surface area contributed by atoms with E-state index in [9.17, 15) is 38.4 Å². The van der Waals surface area contributed by atoms with E-state index in [-0.39, 0.29) is 110 Å². The van der Waals surface area contributed by atoms with Crippen molar-refractivity contribution < 1.29 is 66.8 Å². The Kier molecular flexibility index (Phi) is 25.1. The molecule has 0 aliphatic rings. The number of hydrogen-bond donors (Lipinski definition) is 2. The van der Waals surface area contributed by atoms with Crippen molar-refractivity contribution in [1.29, 1.82) is 0 Å². The molecule has 16 nitrogen and oxygen atoms in total. The number of rotatable bonds is 32. The van der Waals surface area contributed by atoms with Gasteiger partial charge in [0.1, 0.15) is 26.4 Å². The molecule has 0 saturated heterocycles. The van der Waals surface area contributed by atoms with Crippen molar-refractivity contribution >= 4 is 47.6 Å². The van der Waals surface area contributed by atoms with E-state index in [2.05, 4.69) is 10.6 Å². The molecule has 5 rings (SSSR count). The number of amides is 2. The fraction of sp³-hybridized carbons (Fsp3) is 0.345. The largest absolute Gasteiger partial charge is 0.461 e. The first-order valence-corrected chi connectivity index (χ1v) is 24.8. The van der Waals surface area contributed by atoms with Crippen molar-refractivity contribution in [2.75, 3.05) is 13.1 Å². The predicted octanol–water partition coefficient (Wildman–Crippen LogP) is 7.78. The molecule has 0 spiro atoms. The molecular formula is C58H64N2O14. The van der Waals surface area contributed by atoms with Crippen LogP contribution in [0, 0.1) is 5.92 Å². The normalized spacial score (nSPS) is 11.9. The average molecular weight is 1010 g/mol. The average Bonchev–Trinajstić information content (AvgIpc) is 3.43. The molecule has 0 aliphatic carbocycles. The highest BCUT2D eigenvalue weighted by Crippen LogP contribution is 2.20. The van der Waals surface area contributed by atoms with Crippen LogP contribution in [0.25, 0.3) is 0 Å². The molecule has 16 heteroatoms. The van der Waals surface area contributed by atoms with Crippen LogP contribution in [0.5, 0.6) is 0 Å². The van der Waals surface area contributed by atoms with Crippen LogP contribution in [0.3, 0.4) is 0 Å². The molecule has 0 heterocycles. The summed E-state index contributed by atoms with van der Waals surface area (Å²) >= 11 is 0. The number of carbonyl (C=O) groups is 8. The maximum absolute atomic E-state index is 14.1. The molecule has 2 amide bonds. The Hall–Kier alpha value is -8.14. The highest BCUT2D eigenvalue weighted by Gasteiger charge is 2.31. The van der Waals surface area contributed by atoms with Gasteiger partial charge in [0, 0.05) is 58.0 Å². The zero-order chi connectivity index (χ0) is 52.6. The van der Waals surface area contributed by atoms with E-state index >= 15 is 0 Å². The van der Waals surface area contributed by atoms with Crippen LogP contribution < -0.4 is 10.6 Å². The molecule has 5 aromatic rings. The summed E-state index contributed by atoms with van der Waals surface area (Å²) in [4.78, 5) is 105. The van der Waals surface area contributed by atoms with Crippen molar-refractivity contribution in [3.05, 3.63) is 179 Å². The Bertz CT molecular complexity index is 2510. The summed E-state index contributed by atoms with van der Waals surface area (Å²) in [6.45, 7) is 0.281. The highest BCUT2D eigenvalue weighted by atomic mass is 16.6. The number of nitrogens with one attached hydrogen (secondary N) is 2. The maximum atomic E-state index is 14.1. The summed E-state index contributed by atoms with van der Waals surface area (Å²) in [5, 5.41) is 5.37. The fourth-order valence-corrected chi connectivity index (χ4v) is 7.29. The summed E-state index contributed by atoms with van der Waals surface area (Å²) < 4.78 is 33.0. The van der Waals surface area contributed by atoms with Crippen molar-refractivity contribution in [1.82, 2.24) is 10.6 Å². The lowest BCUT2D eigenvalue weighted by Gasteiger charge is -2.22. The highest BCUT2D eigenvalue weighted by molar-refractivity contribution is 5.86. The van der Waals surface area contributed by atoms with Crippen LogP contribution in [0.15, 0.2) is 152 Å². The van der Waals surface area contributed by atoms with Gasteiger partial charge in [0.05, 0.1) is 5.92 Å². The van der Waals surface area contributed by atoms with Crippen LogP contribution >= 0.6 is 0 Å². The molecule has 3 unspecified atom stereocenters. The summed E-state index contributed by atoms with van der Waals surface area (Å²) in [5.41, 5.74) is 3.90. The number of benzene rings is 5. The first-order chi connectivity index (χ1) is 36.0. The fourth-order valence-electron chi connectivity index (χ4n) is 7.29. The minimum atomic E-state index is -1.46. The molecule has 74 heavy (non-hydrogen) atoms. The van der Waals surface area contributed by atoms with Crippen LogP contribution in [0.2, 0.25) is 0 Å². The third-order valence-electron chi connectivity index (χ3n) is 11.4. The van der Waals surface area contributed by atoms with Gasteiger partial charge in [-0.15, -0.1) is 0 Å². The van der Waals surface area contributed by atoms with E-state index in [0.29, 0.717) is 0 Å². The Morgan fingerprint density at radius 2 is 0.662 bits per heavy atom.